The van der Waals surface area contributed by atoms with Gasteiger partial charge >= 0.3 is 0 Å². The summed E-state index contributed by atoms with van der Waals surface area (Å²) >= 11 is 0. The van der Waals surface area contributed by atoms with Crippen LogP contribution in [0.15, 0.2) is 11.6 Å². The number of ether oxygens (including phenoxy) is 1. The molecule has 164 valence electrons. The van der Waals surface area contributed by atoms with E-state index in [2.05, 4.69) is 40.7 Å². The lowest BCUT2D eigenvalue weighted by atomic mass is 9.47. The minimum Gasteiger partial charge on any atom is -0.393 e. The lowest BCUT2D eigenvalue weighted by molar-refractivity contribution is -0.0573. The van der Waals surface area contributed by atoms with E-state index >= 15 is 0 Å². The number of rotatable bonds is 4. The number of hydrogen-bond acceptors (Lipinski definition) is 2. The molecule has 0 spiro atoms. The summed E-state index contributed by atoms with van der Waals surface area (Å²) in [5, 5.41) is 10.2. The first-order chi connectivity index (χ1) is 13.6. The second-order valence-corrected chi connectivity index (χ2v) is 12.6. The minimum absolute atomic E-state index is 0.0862. The molecule has 0 bridgehead atoms. The van der Waals surface area contributed by atoms with Crippen LogP contribution in [0, 0.1) is 40.4 Å². The van der Waals surface area contributed by atoms with Crippen molar-refractivity contribution in [3.05, 3.63) is 11.6 Å². The van der Waals surface area contributed by atoms with Crippen LogP contribution in [-0.2, 0) is 4.74 Å². The molecule has 5 rings (SSSR count). The zero-order chi connectivity index (χ0) is 20.6. The first-order valence-electron chi connectivity index (χ1n) is 12.7. The third-order valence-electron chi connectivity index (χ3n) is 10.9. The second-order valence-electron chi connectivity index (χ2n) is 12.6. The maximum Gasteiger partial charge on any atom is 0.0892 e. The molecule has 9 atom stereocenters. The van der Waals surface area contributed by atoms with E-state index < -0.39 is 0 Å². The van der Waals surface area contributed by atoms with E-state index in [9.17, 15) is 5.11 Å². The Bertz CT molecular complexity index is 680. The quantitative estimate of drug-likeness (QED) is 0.430. The lowest BCUT2D eigenvalue weighted by Crippen LogP contribution is -2.50. The van der Waals surface area contributed by atoms with Gasteiger partial charge in [0.1, 0.15) is 0 Å². The summed E-state index contributed by atoms with van der Waals surface area (Å²) in [6, 6.07) is 0. The van der Waals surface area contributed by atoms with Crippen molar-refractivity contribution in [1.82, 2.24) is 0 Å². The SMILES string of the molecule is C[C@H](CC[C@@H]1OC1(C)C)C1CC[C@H]2C3CC=C4C[C@@H](O)CC[C@]4(C)C3CC[C@]12C. The molecule has 29 heavy (non-hydrogen) atoms. The van der Waals surface area contributed by atoms with Crippen LogP contribution < -0.4 is 0 Å². The summed E-state index contributed by atoms with van der Waals surface area (Å²) in [6.07, 6.45) is 15.8. The van der Waals surface area contributed by atoms with Gasteiger partial charge in [-0.05, 0) is 118 Å². The molecule has 2 heteroatoms. The van der Waals surface area contributed by atoms with Gasteiger partial charge < -0.3 is 9.84 Å². The normalized spacial score (nSPS) is 51.4. The van der Waals surface area contributed by atoms with Crippen LogP contribution in [0.4, 0.5) is 0 Å². The zero-order valence-corrected chi connectivity index (χ0v) is 19.5. The Morgan fingerprint density at radius 1 is 1.07 bits per heavy atom. The fourth-order valence-corrected chi connectivity index (χ4v) is 8.97. The number of hydrogen-bond donors (Lipinski definition) is 1. The summed E-state index contributed by atoms with van der Waals surface area (Å²) in [6.45, 7) is 12.3. The molecule has 3 saturated carbocycles. The van der Waals surface area contributed by atoms with Crippen LogP contribution >= 0.6 is 0 Å². The largest absolute Gasteiger partial charge is 0.393 e. The van der Waals surface area contributed by atoms with Gasteiger partial charge in [-0.2, -0.15) is 0 Å². The van der Waals surface area contributed by atoms with Crippen LogP contribution in [0.25, 0.3) is 0 Å². The highest BCUT2D eigenvalue weighted by Crippen LogP contribution is 2.67. The predicted molar refractivity (Wildman–Crippen MR) is 119 cm³/mol. The van der Waals surface area contributed by atoms with E-state index in [1.807, 2.05) is 0 Å². The fraction of sp³-hybridized carbons (Fsp3) is 0.926. The molecule has 5 aliphatic rings. The van der Waals surface area contributed by atoms with Crippen molar-refractivity contribution < 1.29 is 9.84 Å². The van der Waals surface area contributed by atoms with Gasteiger partial charge in [-0.1, -0.05) is 32.4 Å². The van der Waals surface area contributed by atoms with Gasteiger partial charge in [0.15, 0.2) is 0 Å². The molecule has 0 radical (unpaired) electrons. The highest BCUT2D eigenvalue weighted by molar-refractivity contribution is 5.25. The van der Waals surface area contributed by atoms with E-state index in [-0.39, 0.29) is 11.7 Å². The summed E-state index contributed by atoms with van der Waals surface area (Å²) in [5.41, 5.74) is 2.68. The molecule has 0 amide bonds. The standard InChI is InChI=1S/C27H44O2/c1-17(6-11-24-25(2,3)29-24)21-9-10-22-20-8-7-18-16-19(28)12-14-26(18,4)23(20)13-15-27(21,22)5/h7,17,19-24,28H,6,8-16H2,1-5H3/t17-,19+,20?,21?,22+,23?,24+,26+,27-/m1/s1. The average molecular weight is 401 g/mol. The van der Waals surface area contributed by atoms with Crippen molar-refractivity contribution >= 4 is 0 Å². The maximum atomic E-state index is 10.2. The smallest absolute Gasteiger partial charge is 0.0892 e. The van der Waals surface area contributed by atoms with Crippen LogP contribution in [0.2, 0.25) is 0 Å². The van der Waals surface area contributed by atoms with Crippen molar-refractivity contribution in [2.24, 2.45) is 40.4 Å². The highest BCUT2D eigenvalue weighted by Gasteiger charge is 2.59. The first kappa shape index (κ1) is 20.6. The van der Waals surface area contributed by atoms with E-state index in [4.69, 9.17) is 4.74 Å². The molecular weight excluding hydrogens is 356 g/mol. The Morgan fingerprint density at radius 3 is 2.55 bits per heavy atom. The van der Waals surface area contributed by atoms with Gasteiger partial charge in [0.2, 0.25) is 0 Å². The van der Waals surface area contributed by atoms with E-state index in [1.165, 1.54) is 51.4 Å². The molecule has 1 aliphatic heterocycles. The summed E-state index contributed by atoms with van der Waals surface area (Å²) < 4.78 is 5.86. The lowest BCUT2D eigenvalue weighted by Gasteiger charge is -2.58. The molecule has 0 aromatic rings. The monoisotopic (exact) mass is 400 g/mol. The average Bonchev–Trinajstić information content (AvgIpc) is 3.11. The van der Waals surface area contributed by atoms with E-state index in [0.29, 0.717) is 16.9 Å². The number of epoxide rings is 1. The zero-order valence-electron chi connectivity index (χ0n) is 19.5. The van der Waals surface area contributed by atoms with Gasteiger partial charge in [-0.25, -0.2) is 0 Å². The van der Waals surface area contributed by atoms with Crippen molar-refractivity contribution in [3.63, 3.8) is 0 Å². The number of aliphatic hydroxyl groups is 1. The predicted octanol–water partition coefficient (Wildman–Crippen LogP) is 6.52. The maximum absolute atomic E-state index is 10.2. The second kappa shape index (κ2) is 6.83. The summed E-state index contributed by atoms with van der Waals surface area (Å²) in [4.78, 5) is 0. The van der Waals surface area contributed by atoms with Crippen LogP contribution in [-0.4, -0.2) is 22.9 Å². The summed E-state index contributed by atoms with van der Waals surface area (Å²) in [5.74, 6) is 4.41. The topological polar surface area (TPSA) is 32.8 Å². The van der Waals surface area contributed by atoms with Gasteiger partial charge in [0, 0.05) is 0 Å². The van der Waals surface area contributed by atoms with Gasteiger partial charge in [0.25, 0.3) is 0 Å². The molecule has 0 aromatic heterocycles. The van der Waals surface area contributed by atoms with Crippen molar-refractivity contribution in [2.75, 3.05) is 0 Å². The molecule has 3 unspecified atom stereocenters. The molecule has 1 heterocycles. The molecule has 4 fully saturated rings. The molecule has 4 aliphatic carbocycles. The Morgan fingerprint density at radius 2 is 1.83 bits per heavy atom. The summed E-state index contributed by atoms with van der Waals surface area (Å²) in [7, 11) is 0. The molecular formula is C27H44O2. The molecule has 2 nitrogen and oxygen atoms in total. The Hall–Kier alpha value is -0.340. The van der Waals surface area contributed by atoms with Crippen LogP contribution in [0.1, 0.15) is 98.8 Å². The number of fused-ring (bicyclic) bond motifs is 5. The van der Waals surface area contributed by atoms with Crippen LogP contribution in [0.3, 0.4) is 0 Å². The van der Waals surface area contributed by atoms with Crippen molar-refractivity contribution in [1.29, 1.82) is 0 Å². The Kier molecular flexibility index (Phi) is 4.84. The molecule has 1 N–H and O–H groups in total. The number of allylic oxidation sites excluding steroid dienone is 1. The minimum atomic E-state index is -0.0862. The third kappa shape index (κ3) is 3.18. The van der Waals surface area contributed by atoms with Crippen LogP contribution in [0.5, 0.6) is 0 Å². The Balaban J connectivity index is 1.30. The molecule has 0 aromatic carbocycles. The van der Waals surface area contributed by atoms with Gasteiger partial charge in [-0.15, -0.1) is 0 Å². The first-order valence-corrected chi connectivity index (χ1v) is 12.7. The molecule has 1 saturated heterocycles. The van der Waals surface area contributed by atoms with E-state index in [0.717, 1.165) is 42.4 Å². The highest BCUT2D eigenvalue weighted by atomic mass is 16.6. The fourth-order valence-electron chi connectivity index (χ4n) is 8.97. The van der Waals surface area contributed by atoms with Gasteiger partial charge in [-0.3, -0.25) is 0 Å². The van der Waals surface area contributed by atoms with Gasteiger partial charge in [0.05, 0.1) is 17.8 Å². The third-order valence-corrected chi connectivity index (χ3v) is 10.9. The van der Waals surface area contributed by atoms with E-state index in [1.54, 1.807) is 5.57 Å². The van der Waals surface area contributed by atoms with Crippen molar-refractivity contribution in [2.45, 2.75) is 117 Å². The Labute approximate surface area is 178 Å². The van der Waals surface area contributed by atoms with Crippen molar-refractivity contribution in [3.8, 4) is 0 Å². The number of aliphatic hydroxyl groups excluding tert-OH is 1.